The van der Waals surface area contributed by atoms with Gasteiger partial charge in [0.05, 0.1) is 24.3 Å². The molecule has 138 valence electrons. The molecule has 0 saturated heterocycles. The first-order chi connectivity index (χ1) is 13.1. The SMILES string of the molecule is COc1ccc(CN(C(=O)COC(=O)c2ccc(C#N)cc2)C2CC2)cc1. The van der Waals surface area contributed by atoms with E-state index in [0.717, 1.165) is 24.2 Å². The van der Waals surface area contributed by atoms with Crippen LogP contribution in [0.3, 0.4) is 0 Å². The number of hydrogen-bond acceptors (Lipinski definition) is 5. The number of nitriles is 1. The van der Waals surface area contributed by atoms with Gasteiger partial charge in [-0.25, -0.2) is 4.79 Å². The van der Waals surface area contributed by atoms with Crippen LogP contribution in [0.15, 0.2) is 48.5 Å². The minimum atomic E-state index is -0.576. The maximum Gasteiger partial charge on any atom is 0.338 e. The summed E-state index contributed by atoms with van der Waals surface area (Å²) >= 11 is 0. The van der Waals surface area contributed by atoms with Crippen molar-refractivity contribution < 1.29 is 19.1 Å². The molecular formula is C21H20N2O4. The quantitative estimate of drug-likeness (QED) is 0.706. The lowest BCUT2D eigenvalue weighted by molar-refractivity contribution is -0.135. The van der Waals surface area contributed by atoms with E-state index in [1.165, 1.54) is 12.1 Å². The molecule has 0 atom stereocenters. The Labute approximate surface area is 157 Å². The number of carbonyl (C=O) groups excluding carboxylic acids is 2. The van der Waals surface area contributed by atoms with Crippen LogP contribution in [-0.2, 0) is 16.1 Å². The van der Waals surface area contributed by atoms with Gasteiger partial charge in [0.15, 0.2) is 6.61 Å². The second kappa shape index (κ2) is 8.37. The number of amides is 1. The minimum absolute atomic E-state index is 0.202. The molecule has 0 unspecified atom stereocenters. The first kappa shape index (κ1) is 18.5. The number of hydrogen-bond donors (Lipinski definition) is 0. The van der Waals surface area contributed by atoms with E-state index in [4.69, 9.17) is 14.7 Å². The zero-order chi connectivity index (χ0) is 19.2. The van der Waals surface area contributed by atoms with Gasteiger partial charge < -0.3 is 14.4 Å². The predicted octanol–water partition coefficient (Wildman–Crippen LogP) is 2.91. The van der Waals surface area contributed by atoms with E-state index in [9.17, 15) is 9.59 Å². The summed E-state index contributed by atoms with van der Waals surface area (Å²) in [7, 11) is 1.61. The lowest BCUT2D eigenvalue weighted by Crippen LogP contribution is -2.36. The summed E-state index contributed by atoms with van der Waals surface area (Å²) in [5, 5.41) is 8.79. The largest absolute Gasteiger partial charge is 0.497 e. The maximum atomic E-state index is 12.6. The van der Waals surface area contributed by atoms with Gasteiger partial charge in [-0.3, -0.25) is 4.79 Å². The zero-order valence-electron chi connectivity index (χ0n) is 15.1. The number of nitrogens with zero attached hydrogens (tertiary/aromatic N) is 2. The molecule has 0 spiro atoms. The highest BCUT2D eigenvalue weighted by atomic mass is 16.5. The van der Waals surface area contributed by atoms with Crippen molar-refractivity contribution in [2.75, 3.05) is 13.7 Å². The molecule has 6 nitrogen and oxygen atoms in total. The number of ether oxygens (including phenoxy) is 2. The van der Waals surface area contributed by atoms with Crippen LogP contribution in [0.5, 0.6) is 5.75 Å². The Bertz CT molecular complexity index is 849. The van der Waals surface area contributed by atoms with Crippen LogP contribution in [0, 0.1) is 11.3 Å². The fourth-order valence-corrected chi connectivity index (χ4v) is 2.71. The lowest BCUT2D eigenvalue weighted by atomic mass is 10.1. The van der Waals surface area contributed by atoms with Gasteiger partial charge >= 0.3 is 5.97 Å². The van der Waals surface area contributed by atoms with Gasteiger partial charge in [-0.15, -0.1) is 0 Å². The molecule has 6 heteroatoms. The second-order valence-electron chi connectivity index (χ2n) is 6.37. The molecule has 0 heterocycles. The van der Waals surface area contributed by atoms with E-state index in [1.54, 1.807) is 24.1 Å². The van der Waals surface area contributed by atoms with Crippen LogP contribution in [0.25, 0.3) is 0 Å². The van der Waals surface area contributed by atoms with Gasteiger partial charge in [0.25, 0.3) is 5.91 Å². The molecule has 0 N–H and O–H groups in total. The van der Waals surface area contributed by atoms with Crippen molar-refractivity contribution in [1.29, 1.82) is 5.26 Å². The third kappa shape index (κ3) is 4.85. The Morgan fingerprint density at radius 1 is 1.11 bits per heavy atom. The van der Waals surface area contributed by atoms with Crippen molar-refractivity contribution in [2.45, 2.75) is 25.4 Å². The Morgan fingerprint density at radius 2 is 1.78 bits per heavy atom. The number of esters is 1. The molecule has 0 aromatic heterocycles. The van der Waals surface area contributed by atoms with Gasteiger partial charge in [-0.1, -0.05) is 12.1 Å². The number of carbonyl (C=O) groups is 2. The standard InChI is InChI=1S/C21H20N2O4/c1-26-19-10-4-16(5-11-19)13-23(18-8-9-18)20(24)14-27-21(25)17-6-2-15(12-22)3-7-17/h2-7,10-11,18H,8-9,13-14H2,1H3. The average Bonchev–Trinajstić information content (AvgIpc) is 3.55. The van der Waals surface area contributed by atoms with Crippen LogP contribution in [0.1, 0.15) is 34.3 Å². The molecule has 1 aliphatic rings. The fourth-order valence-electron chi connectivity index (χ4n) is 2.71. The van der Waals surface area contributed by atoms with Crippen molar-refractivity contribution in [1.82, 2.24) is 4.90 Å². The highest BCUT2D eigenvalue weighted by Gasteiger charge is 2.33. The van der Waals surface area contributed by atoms with E-state index in [2.05, 4.69) is 0 Å². The lowest BCUT2D eigenvalue weighted by Gasteiger charge is -2.22. The summed E-state index contributed by atoms with van der Waals surface area (Å²) in [5.74, 6) is -0.0252. The normalized spacial score (nSPS) is 12.7. The van der Waals surface area contributed by atoms with E-state index in [0.29, 0.717) is 17.7 Å². The van der Waals surface area contributed by atoms with E-state index >= 15 is 0 Å². The van der Waals surface area contributed by atoms with Crippen LogP contribution in [0.2, 0.25) is 0 Å². The average molecular weight is 364 g/mol. The van der Waals surface area contributed by atoms with Gasteiger partial charge in [-0.05, 0) is 54.8 Å². The van der Waals surface area contributed by atoms with Crippen LogP contribution >= 0.6 is 0 Å². The summed E-state index contributed by atoms with van der Waals surface area (Å²) in [4.78, 5) is 26.4. The van der Waals surface area contributed by atoms with Crippen molar-refractivity contribution in [2.24, 2.45) is 0 Å². The molecule has 0 aliphatic heterocycles. The van der Waals surface area contributed by atoms with Crippen molar-refractivity contribution >= 4 is 11.9 Å². The molecule has 1 fully saturated rings. The molecule has 1 saturated carbocycles. The third-order valence-electron chi connectivity index (χ3n) is 4.40. The Balaban J connectivity index is 1.58. The minimum Gasteiger partial charge on any atom is -0.497 e. The maximum absolute atomic E-state index is 12.6. The third-order valence-corrected chi connectivity index (χ3v) is 4.40. The van der Waals surface area contributed by atoms with Crippen LogP contribution in [0.4, 0.5) is 0 Å². The summed E-state index contributed by atoms with van der Waals surface area (Å²) < 4.78 is 10.3. The molecule has 3 rings (SSSR count). The number of methoxy groups -OCH3 is 1. The smallest absolute Gasteiger partial charge is 0.338 e. The summed E-state index contributed by atoms with van der Waals surface area (Å²) in [5.41, 5.74) is 1.77. The van der Waals surface area contributed by atoms with E-state index in [-0.39, 0.29) is 18.6 Å². The van der Waals surface area contributed by atoms with Gasteiger partial charge in [-0.2, -0.15) is 5.26 Å². The Kier molecular flexibility index (Phi) is 5.72. The zero-order valence-corrected chi connectivity index (χ0v) is 15.1. The van der Waals surface area contributed by atoms with Gasteiger partial charge in [0.1, 0.15) is 5.75 Å². The summed E-state index contributed by atoms with van der Waals surface area (Å²) in [6, 6.07) is 15.9. The van der Waals surface area contributed by atoms with Crippen LogP contribution in [-0.4, -0.2) is 36.5 Å². The first-order valence-electron chi connectivity index (χ1n) is 8.70. The number of rotatable bonds is 7. The molecule has 0 bridgehead atoms. The molecular weight excluding hydrogens is 344 g/mol. The van der Waals surface area contributed by atoms with Crippen molar-refractivity contribution in [3.8, 4) is 11.8 Å². The summed E-state index contributed by atoms with van der Waals surface area (Å²) in [6.07, 6.45) is 1.93. The second-order valence-corrected chi connectivity index (χ2v) is 6.37. The van der Waals surface area contributed by atoms with E-state index < -0.39 is 5.97 Å². The van der Waals surface area contributed by atoms with Crippen molar-refractivity contribution in [3.05, 3.63) is 65.2 Å². The number of benzene rings is 2. The topological polar surface area (TPSA) is 79.6 Å². The highest BCUT2D eigenvalue weighted by molar-refractivity contribution is 5.91. The Hall–Kier alpha value is -3.33. The molecule has 2 aromatic carbocycles. The predicted molar refractivity (Wildman–Crippen MR) is 98.0 cm³/mol. The Morgan fingerprint density at radius 3 is 2.33 bits per heavy atom. The molecule has 2 aromatic rings. The molecule has 1 aliphatic carbocycles. The molecule has 1 amide bonds. The van der Waals surface area contributed by atoms with Gasteiger partial charge in [0.2, 0.25) is 0 Å². The monoisotopic (exact) mass is 364 g/mol. The first-order valence-corrected chi connectivity index (χ1v) is 8.70. The summed E-state index contributed by atoms with van der Waals surface area (Å²) in [6.45, 7) is 0.174. The van der Waals surface area contributed by atoms with Gasteiger partial charge in [0, 0.05) is 12.6 Å². The van der Waals surface area contributed by atoms with Crippen LogP contribution < -0.4 is 4.74 Å². The molecule has 27 heavy (non-hydrogen) atoms. The fraction of sp³-hybridized carbons (Fsp3) is 0.286. The van der Waals surface area contributed by atoms with Crippen molar-refractivity contribution in [3.63, 3.8) is 0 Å². The molecule has 0 radical (unpaired) electrons. The van der Waals surface area contributed by atoms with E-state index in [1.807, 2.05) is 30.3 Å². The highest BCUT2D eigenvalue weighted by Crippen LogP contribution is 2.29.